The molecule has 0 saturated carbocycles. The first-order chi connectivity index (χ1) is 23.5. The molecular weight excluding hydrogens is 689 g/mol. The SMILES string of the molecule is C[S+](C)COC(=O)c1ccc(Nc2nc(Nc3ccc(C(=O)OC[Si](C)(C)C)cc3)nc(Nc3ccc(C(=O)OC[Si](C)(C)C)cc3)n2)cc1. The first-order valence-corrected chi connectivity index (χ1v) is 25.6. The fourth-order valence-corrected chi connectivity index (χ4v) is 5.46. The van der Waals surface area contributed by atoms with Crippen LogP contribution in [0.15, 0.2) is 72.8 Å². The second-order valence-electron chi connectivity index (χ2n) is 14.2. The van der Waals surface area contributed by atoms with Gasteiger partial charge in [0.15, 0.2) is 0 Å². The largest absolute Gasteiger partial charge is 0.466 e. The van der Waals surface area contributed by atoms with Crippen LogP contribution in [-0.4, -0.2) is 79.9 Å². The lowest BCUT2D eigenvalue weighted by Crippen LogP contribution is -2.29. The molecule has 3 aromatic carbocycles. The van der Waals surface area contributed by atoms with Crippen LogP contribution in [0.1, 0.15) is 31.1 Å². The van der Waals surface area contributed by atoms with Crippen LogP contribution >= 0.6 is 0 Å². The van der Waals surface area contributed by atoms with E-state index in [1.807, 2.05) is 12.5 Å². The number of hydrogen-bond donors (Lipinski definition) is 3. The summed E-state index contributed by atoms with van der Waals surface area (Å²) in [6.07, 6.45) is 4.89. The highest BCUT2D eigenvalue weighted by Crippen LogP contribution is 2.23. The van der Waals surface area contributed by atoms with Gasteiger partial charge in [0.1, 0.15) is 12.5 Å². The maximum Gasteiger partial charge on any atom is 0.341 e. The van der Waals surface area contributed by atoms with Gasteiger partial charge in [-0.1, -0.05) is 39.3 Å². The normalized spacial score (nSPS) is 11.5. The summed E-state index contributed by atoms with van der Waals surface area (Å²) in [5.41, 5.74) is 3.24. The molecule has 0 aliphatic rings. The van der Waals surface area contributed by atoms with Gasteiger partial charge in [-0.3, -0.25) is 0 Å². The lowest BCUT2D eigenvalue weighted by Gasteiger charge is -2.16. The molecule has 0 spiro atoms. The van der Waals surface area contributed by atoms with Crippen molar-refractivity contribution in [1.29, 1.82) is 0 Å². The van der Waals surface area contributed by atoms with Gasteiger partial charge in [-0.15, -0.1) is 0 Å². The zero-order chi connectivity index (χ0) is 36.5. The Morgan fingerprint density at radius 1 is 0.520 bits per heavy atom. The molecule has 4 aromatic rings. The van der Waals surface area contributed by atoms with Gasteiger partial charge in [0.25, 0.3) is 0 Å². The number of nitrogens with zero attached hydrogens (tertiary/aromatic N) is 3. The van der Waals surface area contributed by atoms with E-state index in [2.05, 4.69) is 70.2 Å². The quantitative estimate of drug-likeness (QED) is 0.0492. The second-order valence-corrected chi connectivity index (χ2v) is 27.2. The van der Waals surface area contributed by atoms with Crippen LogP contribution in [0, 0.1) is 0 Å². The van der Waals surface area contributed by atoms with Crippen molar-refractivity contribution in [2.75, 3.05) is 46.9 Å². The lowest BCUT2D eigenvalue weighted by molar-refractivity contribution is 0.0556. The molecule has 15 heteroatoms. The Hall–Kier alpha value is -4.74. The number of carbonyl (C=O) groups excluding carboxylic acids is 3. The molecule has 4 rings (SSSR count). The molecule has 0 atom stereocenters. The Morgan fingerprint density at radius 3 is 1.06 bits per heavy atom. The molecule has 0 fully saturated rings. The minimum absolute atomic E-state index is 0.0188. The van der Waals surface area contributed by atoms with Crippen molar-refractivity contribution >= 4 is 79.9 Å². The molecule has 0 bridgehead atoms. The Morgan fingerprint density at radius 2 is 0.800 bits per heavy atom. The van der Waals surface area contributed by atoms with Crippen molar-refractivity contribution < 1.29 is 28.6 Å². The van der Waals surface area contributed by atoms with Crippen LogP contribution in [0.2, 0.25) is 39.3 Å². The third-order valence-corrected chi connectivity index (χ3v) is 9.07. The molecule has 0 aliphatic heterocycles. The fourth-order valence-electron chi connectivity index (χ4n) is 3.99. The number of hydrogen-bond acceptors (Lipinski definition) is 12. The van der Waals surface area contributed by atoms with Crippen molar-refractivity contribution in [3.8, 4) is 0 Å². The molecule has 12 nitrogen and oxygen atoms in total. The number of rotatable bonds is 15. The van der Waals surface area contributed by atoms with E-state index in [0.29, 0.717) is 52.2 Å². The maximum absolute atomic E-state index is 12.5. The van der Waals surface area contributed by atoms with Crippen LogP contribution in [0.25, 0.3) is 0 Å². The van der Waals surface area contributed by atoms with E-state index in [-0.39, 0.29) is 46.6 Å². The third kappa shape index (κ3) is 12.6. The molecule has 0 amide bonds. The van der Waals surface area contributed by atoms with Crippen LogP contribution in [0.5, 0.6) is 0 Å². The summed E-state index contributed by atoms with van der Waals surface area (Å²) in [5, 5.41) is 9.50. The topological polar surface area (TPSA) is 154 Å². The highest BCUT2D eigenvalue weighted by atomic mass is 32.2. The molecule has 1 aromatic heterocycles. The monoisotopic (exact) mass is 733 g/mol. The summed E-state index contributed by atoms with van der Waals surface area (Å²) >= 11 is 0. The summed E-state index contributed by atoms with van der Waals surface area (Å²) in [7, 11) is -3.11. The molecule has 0 aliphatic carbocycles. The van der Waals surface area contributed by atoms with E-state index in [1.165, 1.54) is 0 Å². The molecular formula is C35H45N6O6SSi2+. The number of ether oxygens (including phenoxy) is 3. The van der Waals surface area contributed by atoms with Gasteiger partial charge in [-0.2, -0.15) is 15.0 Å². The number of anilines is 6. The molecule has 1 heterocycles. The van der Waals surface area contributed by atoms with Gasteiger partial charge >= 0.3 is 17.9 Å². The smallest absolute Gasteiger partial charge is 0.341 e. The summed E-state index contributed by atoms with van der Waals surface area (Å²) in [6.45, 7) is 12.8. The standard InChI is InChI=1S/C35H44N6O6SSi2/c1-48(2)21-45-30(42)24-9-15-27(16-10-24)36-33-39-34(37-28-17-11-25(12-18-28)31(43)46-22-49(3,4)5)41-35(40-33)38-29-19-13-26(14-20-29)32(44)47-23-50(6,7)8/h9-20H,21-23H2,1-8H3,(H2-,36,37,38,39,40,41,42,43,44)/p+1. The zero-order valence-corrected chi connectivity index (χ0v) is 32.6. The number of benzene rings is 3. The Bertz CT molecular complexity index is 1680. The average Bonchev–Trinajstić information content (AvgIpc) is 3.05. The van der Waals surface area contributed by atoms with Gasteiger partial charge in [-0.05, 0) is 72.8 Å². The molecule has 0 unspecified atom stereocenters. The lowest BCUT2D eigenvalue weighted by atomic mass is 10.2. The van der Waals surface area contributed by atoms with Gasteiger partial charge in [0.05, 0.1) is 45.3 Å². The van der Waals surface area contributed by atoms with E-state index < -0.39 is 16.1 Å². The predicted molar refractivity (Wildman–Crippen MR) is 206 cm³/mol. The van der Waals surface area contributed by atoms with Crippen molar-refractivity contribution in [3.05, 3.63) is 89.5 Å². The van der Waals surface area contributed by atoms with Crippen LogP contribution in [-0.2, 0) is 25.1 Å². The van der Waals surface area contributed by atoms with E-state index in [9.17, 15) is 14.4 Å². The first-order valence-electron chi connectivity index (χ1n) is 16.0. The molecule has 0 saturated heterocycles. The van der Waals surface area contributed by atoms with Crippen molar-refractivity contribution in [2.24, 2.45) is 0 Å². The van der Waals surface area contributed by atoms with Crippen molar-refractivity contribution in [2.45, 2.75) is 39.3 Å². The minimum atomic E-state index is -1.54. The number of esters is 3. The average molecular weight is 734 g/mol. The number of carbonyl (C=O) groups is 3. The highest BCUT2D eigenvalue weighted by Gasteiger charge is 2.19. The molecule has 0 radical (unpaired) electrons. The van der Waals surface area contributed by atoms with Gasteiger partial charge < -0.3 is 30.2 Å². The summed E-state index contributed by atoms with van der Waals surface area (Å²) < 4.78 is 16.3. The number of aromatic nitrogens is 3. The van der Waals surface area contributed by atoms with Crippen molar-refractivity contribution in [3.63, 3.8) is 0 Å². The van der Waals surface area contributed by atoms with Gasteiger partial charge in [-0.25, -0.2) is 14.4 Å². The minimum Gasteiger partial charge on any atom is -0.466 e. The van der Waals surface area contributed by atoms with Gasteiger partial charge in [0, 0.05) is 28.0 Å². The maximum atomic E-state index is 12.5. The first kappa shape index (κ1) is 38.1. The van der Waals surface area contributed by atoms with Crippen LogP contribution in [0.3, 0.4) is 0 Å². The molecule has 50 heavy (non-hydrogen) atoms. The zero-order valence-electron chi connectivity index (χ0n) is 29.7. The highest BCUT2D eigenvalue weighted by molar-refractivity contribution is 7.95. The Balaban J connectivity index is 1.53. The van der Waals surface area contributed by atoms with Gasteiger partial charge in [0.2, 0.25) is 23.8 Å². The van der Waals surface area contributed by atoms with Crippen molar-refractivity contribution in [1.82, 2.24) is 15.0 Å². The fraction of sp³-hybridized carbons (Fsp3) is 0.314. The van der Waals surface area contributed by atoms with Crippen LogP contribution in [0.4, 0.5) is 34.9 Å². The predicted octanol–water partition coefficient (Wildman–Crippen LogP) is 7.16. The van der Waals surface area contributed by atoms with E-state index in [0.717, 1.165) is 0 Å². The van der Waals surface area contributed by atoms with Crippen LogP contribution < -0.4 is 16.0 Å². The Labute approximate surface area is 298 Å². The second kappa shape index (κ2) is 16.8. The number of nitrogens with one attached hydrogen (secondary N) is 3. The van der Waals surface area contributed by atoms with E-state index in [4.69, 9.17) is 14.2 Å². The third-order valence-electron chi connectivity index (χ3n) is 6.46. The molecule has 264 valence electrons. The summed E-state index contributed by atoms with van der Waals surface area (Å²) in [5.74, 6) is -0.0906. The Kier molecular flexibility index (Phi) is 12.8. The van der Waals surface area contributed by atoms with E-state index in [1.54, 1.807) is 72.8 Å². The summed E-state index contributed by atoms with van der Waals surface area (Å²) in [4.78, 5) is 51.1. The summed E-state index contributed by atoms with van der Waals surface area (Å²) in [6, 6.07) is 20.5. The molecule has 3 N–H and O–H groups in total. The van der Waals surface area contributed by atoms with E-state index >= 15 is 0 Å².